The van der Waals surface area contributed by atoms with Crippen LogP contribution in [-0.4, -0.2) is 9.97 Å². The van der Waals surface area contributed by atoms with E-state index in [-0.39, 0.29) is 0 Å². The molecule has 0 atom stereocenters. The van der Waals surface area contributed by atoms with E-state index >= 15 is 0 Å². The quantitative estimate of drug-likeness (QED) is 0.605. The largest absolute Gasteiger partial charge is 0.383 e. The lowest BCUT2D eigenvalue weighted by Gasteiger charge is -2.02. The fraction of sp³-hybridized carbons (Fsp3) is 0.111. The van der Waals surface area contributed by atoms with Crippen molar-refractivity contribution in [2.45, 2.75) is 11.6 Å². The number of nitrogens with zero attached hydrogens (tertiary/aromatic N) is 2. The molecule has 0 fully saturated rings. The van der Waals surface area contributed by atoms with Gasteiger partial charge in [-0.3, -0.25) is 0 Å². The van der Waals surface area contributed by atoms with Crippen LogP contribution in [0.5, 0.6) is 0 Å². The highest BCUT2D eigenvalue weighted by atomic mass is 32.1. The number of anilines is 1. The fourth-order valence-corrected chi connectivity index (χ4v) is 1.99. The van der Waals surface area contributed by atoms with Gasteiger partial charge in [-0.2, -0.15) is 11.3 Å². The Morgan fingerprint density at radius 2 is 2.36 bits per heavy atom. The summed E-state index contributed by atoms with van der Waals surface area (Å²) in [5.74, 6) is 0.510. The van der Waals surface area contributed by atoms with Crippen molar-refractivity contribution < 1.29 is 0 Å². The maximum Gasteiger partial charge on any atom is 0.186 e. The standard InChI is InChI=1S/C9H9N3S2/c10-8-7(4-11-9(13)12-8)3-6-1-2-14-5-6/h1-2,4-5H,3H2,(H3,10,11,12,13). The molecule has 0 aromatic carbocycles. The van der Waals surface area contributed by atoms with E-state index in [1.807, 2.05) is 5.38 Å². The van der Waals surface area contributed by atoms with Gasteiger partial charge in [0.2, 0.25) is 0 Å². The van der Waals surface area contributed by atoms with E-state index in [4.69, 9.17) is 5.73 Å². The Morgan fingerprint density at radius 1 is 1.50 bits per heavy atom. The SMILES string of the molecule is Nc1nc(S)ncc1Cc1ccsc1. The van der Waals surface area contributed by atoms with Gasteiger partial charge in [0.15, 0.2) is 5.16 Å². The van der Waals surface area contributed by atoms with E-state index in [1.165, 1.54) is 5.56 Å². The van der Waals surface area contributed by atoms with Gasteiger partial charge in [0.25, 0.3) is 0 Å². The Hall–Kier alpha value is -1.07. The molecule has 0 spiro atoms. The van der Waals surface area contributed by atoms with Crippen molar-refractivity contribution in [3.63, 3.8) is 0 Å². The highest BCUT2D eigenvalue weighted by Crippen LogP contribution is 2.16. The molecule has 5 heteroatoms. The predicted molar refractivity (Wildman–Crippen MR) is 60.8 cm³/mol. The van der Waals surface area contributed by atoms with Gasteiger partial charge in [-0.1, -0.05) is 0 Å². The van der Waals surface area contributed by atoms with Crippen LogP contribution in [0.3, 0.4) is 0 Å². The van der Waals surface area contributed by atoms with Gasteiger partial charge in [0.05, 0.1) is 0 Å². The van der Waals surface area contributed by atoms with Gasteiger partial charge in [-0.25, -0.2) is 9.97 Å². The van der Waals surface area contributed by atoms with Crippen molar-refractivity contribution in [1.29, 1.82) is 0 Å². The summed E-state index contributed by atoms with van der Waals surface area (Å²) in [7, 11) is 0. The maximum absolute atomic E-state index is 5.74. The number of hydrogen-bond donors (Lipinski definition) is 2. The van der Waals surface area contributed by atoms with Crippen molar-refractivity contribution in [3.05, 3.63) is 34.2 Å². The van der Waals surface area contributed by atoms with Crippen molar-refractivity contribution >= 4 is 29.8 Å². The lowest BCUT2D eigenvalue weighted by atomic mass is 10.1. The first kappa shape index (κ1) is 9.48. The smallest absolute Gasteiger partial charge is 0.186 e. The van der Waals surface area contributed by atoms with Crippen LogP contribution in [0, 0.1) is 0 Å². The third kappa shape index (κ3) is 2.05. The van der Waals surface area contributed by atoms with E-state index < -0.39 is 0 Å². The van der Waals surface area contributed by atoms with Crippen molar-refractivity contribution in [3.8, 4) is 0 Å². The molecule has 2 rings (SSSR count). The summed E-state index contributed by atoms with van der Waals surface area (Å²) in [6, 6.07) is 2.07. The van der Waals surface area contributed by atoms with E-state index in [0.717, 1.165) is 12.0 Å². The molecule has 0 saturated heterocycles. The molecule has 0 unspecified atom stereocenters. The van der Waals surface area contributed by atoms with Gasteiger partial charge >= 0.3 is 0 Å². The molecule has 0 radical (unpaired) electrons. The van der Waals surface area contributed by atoms with Crippen LogP contribution >= 0.6 is 24.0 Å². The normalized spacial score (nSPS) is 10.4. The molecular formula is C9H9N3S2. The molecule has 0 aliphatic heterocycles. The zero-order valence-corrected chi connectivity index (χ0v) is 9.05. The second-order valence-electron chi connectivity index (χ2n) is 2.89. The van der Waals surface area contributed by atoms with Crippen LogP contribution in [0.2, 0.25) is 0 Å². The molecule has 3 nitrogen and oxygen atoms in total. The zero-order valence-electron chi connectivity index (χ0n) is 7.34. The summed E-state index contributed by atoms with van der Waals surface area (Å²) in [6.07, 6.45) is 2.51. The van der Waals surface area contributed by atoms with Gasteiger partial charge < -0.3 is 5.73 Å². The van der Waals surface area contributed by atoms with Gasteiger partial charge in [-0.05, 0) is 22.4 Å². The molecule has 0 aliphatic carbocycles. The molecule has 0 bridgehead atoms. The van der Waals surface area contributed by atoms with Gasteiger partial charge in [0.1, 0.15) is 5.82 Å². The number of thiophene rings is 1. The predicted octanol–water partition coefficient (Wildman–Crippen LogP) is 2.00. The second-order valence-corrected chi connectivity index (χ2v) is 4.07. The minimum Gasteiger partial charge on any atom is -0.383 e. The monoisotopic (exact) mass is 223 g/mol. The first-order chi connectivity index (χ1) is 6.75. The fourth-order valence-electron chi connectivity index (χ4n) is 1.16. The number of nitrogens with two attached hydrogens (primary N) is 1. The first-order valence-electron chi connectivity index (χ1n) is 4.07. The number of thiol groups is 1. The highest BCUT2D eigenvalue weighted by molar-refractivity contribution is 7.80. The Kier molecular flexibility index (Phi) is 2.69. The maximum atomic E-state index is 5.74. The number of hydrogen-bond acceptors (Lipinski definition) is 5. The van der Waals surface area contributed by atoms with Crippen molar-refractivity contribution in [1.82, 2.24) is 9.97 Å². The summed E-state index contributed by atoms with van der Waals surface area (Å²) < 4.78 is 0. The lowest BCUT2D eigenvalue weighted by Crippen LogP contribution is -2.00. The van der Waals surface area contributed by atoms with Gasteiger partial charge in [-0.15, -0.1) is 12.6 Å². The summed E-state index contributed by atoms with van der Waals surface area (Å²) in [4.78, 5) is 7.99. The third-order valence-electron chi connectivity index (χ3n) is 1.86. The molecule has 2 N–H and O–H groups in total. The molecule has 0 amide bonds. The highest BCUT2D eigenvalue weighted by Gasteiger charge is 2.03. The van der Waals surface area contributed by atoms with Crippen LogP contribution in [0.4, 0.5) is 5.82 Å². The van der Waals surface area contributed by atoms with Crippen LogP contribution in [-0.2, 0) is 6.42 Å². The minimum absolute atomic E-state index is 0.413. The summed E-state index contributed by atoms with van der Waals surface area (Å²) >= 11 is 5.69. The topological polar surface area (TPSA) is 51.8 Å². The van der Waals surface area contributed by atoms with Crippen LogP contribution in [0.25, 0.3) is 0 Å². The van der Waals surface area contributed by atoms with E-state index in [2.05, 4.69) is 34.0 Å². The Labute approximate surface area is 91.4 Å². The first-order valence-corrected chi connectivity index (χ1v) is 5.46. The van der Waals surface area contributed by atoms with E-state index in [0.29, 0.717) is 11.0 Å². The molecule has 0 saturated carbocycles. The Balaban J connectivity index is 2.25. The number of aromatic nitrogens is 2. The molecule has 14 heavy (non-hydrogen) atoms. The van der Waals surface area contributed by atoms with E-state index in [1.54, 1.807) is 17.5 Å². The molecule has 72 valence electrons. The molecule has 2 heterocycles. The Bertz CT molecular complexity index is 426. The van der Waals surface area contributed by atoms with E-state index in [9.17, 15) is 0 Å². The summed E-state index contributed by atoms with van der Waals surface area (Å²) in [5.41, 5.74) is 7.92. The molecule has 2 aromatic heterocycles. The second kappa shape index (κ2) is 3.98. The average molecular weight is 223 g/mol. The van der Waals surface area contributed by atoms with Crippen LogP contribution in [0.1, 0.15) is 11.1 Å². The van der Waals surface area contributed by atoms with Crippen LogP contribution < -0.4 is 5.73 Å². The number of rotatable bonds is 2. The third-order valence-corrected chi connectivity index (χ3v) is 2.81. The summed E-state index contributed by atoms with van der Waals surface area (Å²) in [5, 5.41) is 4.55. The Morgan fingerprint density at radius 3 is 3.00 bits per heavy atom. The molecule has 2 aromatic rings. The molecular weight excluding hydrogens is 214 g/mol. The zero-order chi connectivity index (χ0) is 9.97. The minimum atomic E-state index is 0.413. The lowest BCUT2D eigenvalue weighted by molar-refractivity contribution is 0.951. The van der Waals surface area contributed by atoms with Gasteiger partial charge in [0, 0.05) is 18.2 Å². The van der Waals surface area contributed by atoms with Crippen molar-refractivity contribution in [2.75, 3.05) is 5.73 Å². The average Bonchev–Trinajstić information content (AvgIpc) is 2.62. The summed E-state index contributed by atoms with van der Waals surface area (Å²) in [6.45, 7) is 0. The van der Waals surface area contributed by atoms with Crippen molar-refractivity contribution in [2.24, 2.45) is 0 Å². The molecule has 0 aliphatic rings. The van der Waals surface area contributed by atoms with Crippen LogP contribution in [0.15, 0.2) is 28.2 Å². The number of nitrogen functional groups attached to an aromatic ring is 1.